The number of hydrogen-bond acceptors (Lipinski definition) is 8. The number of carbonyl (C=O) groups is 1. The average Bonchev–Trinajstić information content (AvgIpc) is 3.33. The molecule has 0 atom stereocenters. The van der Waals surface area contributed by atoms with E-state index >= 15 is 0 Å². The number of anilines is 3. The second-order valence-electron chi connectivity index (χ2n) is 5.87. The SMILES string of the molecule is COCCNc1nnc(SCC(=O)Nc2ccc(N3CCCC3)cc2)s1. The first kappa shape index (κ1) is 18.9. The number of aromatic nitrogens is 2. The van der Waals surface area contributed by atoms with Crippen LogP contribution in [0.5, 0.6) is 0 Å². The van der Waals surface area contributed by atoms with Gasteiger partial charge in [0.1, 0.15) is 0 Å². The van der Waals surface area contributed by atoms with E-state index in [0.29, 0.717) is 18.9 Å². The minimum Gasteiger partial charge on any atom is -0.383 e. The second-order valence-corrected chi connectivity index (χ2v) is 8.07. The number of nitrogens with zero attached hydrogens (tertiary/aromatic N) is 3. The first-order valence-electron chi connectivity index (χ1n) is 8.58. The van der Waals surface area contributed by atoms with Gasteiger partial charge in [-0.25, -0.2) is 0 Å². The van der Waals surface area contributed by atoms with Crippen molar-refractivity contribution in [2.24, 2.45) is 0 Å². The van der Waals surface area contributed by atoms with Crippen molar-refractivity contribution in [3.63, 3.8) is 0 Å². The van der Waals surface area contributed by atoms with Crippen LogP contribution < -0.4 is 15.5 Å². The normalized spacial score (nSPS) is 13.8. The Hall–Kier alpha value is -1.84. The Morgan fingerprint density at radius 1 is 1.27 bits per heavy atom. The van der Waals surface area contributed by atoms with Crippen LogP contribution in [0.3, 0.4) is 0 Å². The molecule has 2 aromatic rings. The fourth-order valence-corrected chi connectivity index (χ4v) is 4.23. The number of amides is 1. The zero-order chi connectivity index (χ0) is 18.2. The molecular weight excluding hydrogens is 370 g/mol. The van der Waals surface area contributed by atoms with Gasteiger partial charge in [-0.15, -0.1) is 10.2 Å². The number of thioether (sulfide) groups is 1. The molecule has 140 valence electrons. The summed E-state index contributed by atoms with van der Waals surface area (Å²) in [6, 6.07) is 8.05. The molecule has 0 spiro atoms. The van der Waals surface area contributed by atoms with Gasteiger partial charge in [-0.1, -0.05) is 23.1 Å². The van der Waals surface area contributed by atoms with Crippen molar-refractivity contribution >= 4 is 45.5 Å². The Bertz CT molecular complexity index is 701. The fraction of sp³-hybridized carbons (Fsp3) is 0.471. The number of hydrogen-bond donors (Lipinski definition) is 2. The smallest absolute Gasteiger partial charge is 0.234 e. The van der Waals surface area contributed by atoms with Gasteiger partial charge < -0.3 is 20.3 Å². The predicted octanol–water partition coefficient (Wildman–Crippen LogP) is 2.93. The van der Waals surface area contributed by atoms with Gasteiger partial charge in [-0.2, -0.15) is 0 Å². The fourth-order valence-electron chi connectivity index (χ4n) is 2.65. The molecular formula is C17H23N5O2S2. The molecule has 0 radical (unpaired) electrons. The lowest BCUT2D eigenvalue weighted by Gasteiger charge is -2.17. The average molecular weight is 394 g/mol. The van der Waals surface area contributed by atoms with Gasteiger partial charge in [-0.3, -0.25) is 4.79 Å². The van der Waals surface area contributed by atoms with Crippen molar-refractivity contribution in [2.45, 2.75) is 17.2 Å². The van der Waals surface area contributed by atoms with Crippen molar-refractivity contribution in [3.05, 3.63) is 24.3 Å². The molecule has 0 saturated carbocycles. The summed E-state index contributed by atoms with van der Waals surface area (Å²) in [5.74, 6) is 0.258. The number of rotatable bonds is 9. The Kier molecular flexibility index (Phi) is 7.10. The lowest BCUT2D eigenvalue weighted by Crippen LogP contribution is -2.18. The van der Waals surface area contributed by atoms with Gasteiger partial charge in [0.2, 0.25) is 11.0 Å². The molecule has 1 aliphatic rings. The molecule has 9 heteroatoms. The number of nitrogens with one attached hydrogen (secondary N) is 2. The Morgan fingerprint density at radius 2 is 2.04 bits per heavy atom. The zero-order valence-corrected chi connectivity index (χ0v) is 16.4. The number of methoxy groups -OCH3 is 1. The Labute approximate surface area is 161 Å². The summed E-state index contributed by atoms with van der Waals surface area (Å²) in [6.07, 6.45) is 2.51. The summed E-state index contributed by atoms with van der Waals surface area (Å²) >= 11 is 2.82. The van der Waals surface area contributed by atoms with Crippen molar-refractivity contribution < 1.29 is 9.53 Å². The maximum Gasteiger partial charge on any atom is 0.234 e. The van der Waals surface area contributed by atoms with E-state index in [9.17, 15) is 4.79 Å². The molecule has 1 aromatic carbocycles. The van der Waals surface area contributed by atoms with E-state index in [1.807, 2.05) is 12.1 Å². The summed E-state index contributed by atoms with van der Waals surface area (Å²) in [6.45, 7) is 3.53. The molecule has 1 amide bonds. The third-order valence-corrected chi connectivity index (χ3v) is 5.95. The maximum atomic E-state index is 12.1. The van der Waals surface area contributed by atoms with Crippen LogP contribution in [-0.4, -0.2) is 55.2 Å². The van der Waals surface area contributed by atoms with Gasteiger partial charge >= 0.3 is 0 Å². The van der Waals surface area contributed by atoms with E-state index < -0.39 is 0 Å². The quantitative estimate of drug-likeness (QED) is 0.501. The topological polar surface area (TPSA) is 79.4 Å². The van der Waals surface area contributed by atoms with Crippen LogP contribution in [0.4, 0.5) is 16.5 Å². The summed E-state index contributed by atoms with van der Waals surface area (Å²) in [5, 5.41) is 14.9. The number of benzene rings is 1. The molecule has 0 bridgehead atoms. The molecule has 7 nitrogen and oxygen atoms in total. The summed E-state index contributed by atoms with van der Waals surface area (Å²) < 4.78 is 5.74. The highest BCUT2D eigenvalue weighted by Gasteiger charge is 2.12. The summed E-state index contributed by atoms with van der Waals surface area (Å²) in [4.78, 5) is 14.5. The second kappa shape index (κ2) is 9.75. The van der Waals surface area contributed by atoms with Crippen LogP contribution in [0.2, 0.25) is 0 Å². The third kappa shape index (κ3) is 5.58. The minimum atomic E-state index is -0.0481. The van der Waals surface area contributed by atoms with E-state index in [0.717, 1.165) is 28.2 Å². The van der Waals surface area contributed by atoms with E-state index in [-0.39, 0.29) is 5.91 Å². The molecule has 1 saturated heterocycles. The highest BCUT2D eigenvalue weighted by atomic mass is 32.2. The standard InChI is InChI=1S/C17H23N5O2S2/c1-24-11-8-18-16-20-21-17(26-16)25-12-15(23)19-13-4-6-14(7-5-13)22-9-2-3-10-22/h4-7H,2-3,8-12H2,1H3,(H,18,20)(H,19,23). The monoisotopic (exact) mass is 393 g/mol. The minimum absolute atomic E-state index is 0.0481. The largest absolute Gasteiger partial charge is 0.383 e. The number of ether oxygens (including phenoxy) is 1. The van der Waals surface area contributed by atoms with E-state index in [2.05, 4.69) is 37.9 Å². The maximum absolute atomic E-state index is 12.1. The lowest BCUT2D eigenvalue weighted by atomic mass is 10.2. The first-order chi connectivity index (χ1) is 12.7. The van der Waals surface area contributed by atoms with Crippen molar-refractivity contribution in [3.8, 4) is 0 Å². The summed E-state index contributed by atoms with van der Waals surface area (Å²) in [7, 11) is 1.65. The van der Waals surface area contributed by atoms with E-state index in [1.54, 1.807) is 7.11 Å². The molecule has 3 rings (SSSR count). The van der Waals surface area contributed by atoms with E-state index in [1.165, 1.54) is 41.6 Å². The molecule has 1 aromatic heterocycles. The Morgan fingerprint density at radius 3 is 2.77 bits per heavy atom. The lowest BCUT2D eigenvalue weighted by molar-refractivity contribution is -0.113. The third-order valence-electron chi connectivity index (χ3n) is 3.94. The molecule has 0 unspecified atom stereocenters. The van der Waals surface area contributed by atoms with Crippen molar-refractivity contribution in [1.82, 2.24) is 10.2 Å². The highest BCUT2D eigenvalue weighted by molar-refractivity contribution is 8.01. The Balaban J connectivity index is 1.42. The van der Waals surface area contributed by atoms with Crippen molar-refractivity contribution in [1.29, 1.82) is 0 Å². The van der Waals surface area contributed by atoms with Crippen LogP contribution in [-0.2, 0) is 9.53 Å². The molecule has 2 N–H and O–H groups in total. The van der Waals surface area contributed by atoms with Gasteiger partial charge in [0.05, 0.1) is 12.4 Å². The molecule has 1 aliphatic heterocycles. The summed E-state index contributed by atoms with van der Waals surface area (Å²) in [5.41, 5.74) is 2.04. The number of carbonyl (C=O) groups excluding carboxylic acids is 1. The van der Waals surface area contributed by atoms with E-state index in [4.69, 9.17) is 4.74 Å². The predicted molar refractivity (Wildman–Crippen MR) is 108 cm³/mol. The van der Waals surface area contributed by atoms with Crippen LogP contribution >= 0.6 is 23.1 Å². The molecule has 26 heavy (non-hydrogen) atoms. The molecule has 2 heterocycles. The van der Waals surface area contributed by atoms with Crippen LogP contribution in [0.25, 0.3) is 0 Å². The van der Waals surface area contributed by atoms with Gasteiger partial charge in [0.25, 0.3) is 0 Å². The van der Waals surface area contributed by atoms with Crippen LogP contribution in [0, 0.1) is 0 Å². The van der Waals surface area contributed by atoms with Gasteiger partial charge in [-0.05, 0) is 37.1 Å². The molecule has 0 aliphatic carbocycles. The zero-order valence-electron chi connectivity index (χ0n) is 14.7. The highest BCUT2D eigenvalue weighted by Crippen LogP contribution is 2.26. The van der Waals surface area contributed by atoms with Gasteiger partial charge in [0.15, 0.2) is 4.34 Å². The first-order valence-corrected chi connectivity index (χ1v) is 10.4. The van der Waals surface area contributed by atoms with Crippen LogP contribution in [0.1, 0.15) is 12.8 Å². The molecule has 1 fully saturated rings. The van der Waals surface area contributed by atoms with Crippen LogP contribution in [0.15, 0.2) is 28.6 Å². The van der Waals surface area contributed by atoms with Crippen molar-refractivity contribution in [2.75, 3.05) is 54.6 Å². The van der Waals surface area contributed by atoms with Gasteiger partial charge in [0, 0.05) is 38.1 Å².